The molecule has 3 heteroatoms. The van der Waals surface area contributed by atoms with Crippen LogP contribution in [0.1, 0.15) is 6.92 Å². The molecule has 0 aromatic rings. The van der Waals surface area contributed by atoms with E-state index in [1.807, 2.05) is 13.0 Å². The minimum Gasteiger partial charge on any atom is -0.363 e. The molecule has 0 aliphatic carbocycles. The molecule has 2 atom stereocenters. The van der Waals surface area contributed by atoms with Gasteiger partial charge in [0.15, 0.2) is 0 Å². The Kier molecular flexibility index (Phi) is 4.85. The fourth-order valence-corrected chi connectivity index (χ4v) is 0.448. The highest BCUT2D eigenvalue weighted by atomic mass is 32.1. The summed E-state index contributed by atoms with van der Waals surface area (Å²) in [7, 11) is 1.57. The average Bonchev–Trinajstić information content (AvgIpc) is 1.83. The van der Waals surface area contributed by atoms with Gasteiger partial charge in [0.2, 0.25) is 0 Å². The molecule has 0 aliphatic rings. The van der Waals surface area contributed by atoms with E-state index in [0.29, 0.717) is 0 Å². The average molecular weight is 147 g/mol. The summed E-state index contributed by atoms with van der Waals surface area (Å²) < 4.78 is 4.76. The number of hydrogen-bond donors (Lipinski definition) is 2. The predicted molar refractivity (Wildman–Crippen MR) is 42.6 cm³/mol. The van der Waals surface area contributed by atoms with Gasteiger partial charge in [-0.1, -0.05) is 13.0 Å². The van der Waals surface area contributed by atoms with Gasteiger partial charge in [-0.2, -0.15) is 12.6 Å². The van der Waals surface area contributed by atoms with Crippen LogP contribution in [0.4, 0.5) is 0 Å². The molecule has 2 N–H and O–H groups in total. The summed E-state index contributed by atoms with van der Waals surface area (Å²) in [4.78, 5) is 0. The van der Waals surface area contributed by atoms with Crippen molar-refractivity contribution in [2.24, 2.45) is 5.73 Å². The third-order valence-corrected chi connectivity index (χ3v) is 1.02. The fourth-order valence-electron chi connectivity index (χ4n) is 0.349. The minimum atomic E-state index is -0.292. The molecule has 0 aromatic carbocycles. The number of rotatable bonds is 3. The lowest BCUT2D eigenvalue weighted by atomic mass is 10.4. The first kappa shape index (κ1) is 9.01. The Balaban J connectivity index is 3.43. The quantitative estimate of drug-likeness (QED) is 0.352. The molecule has 0 rings (SSSR count). The first-order valence-electron chi connectivity index (χ1n) is 2.81. The SMILES string of the molecule is COC(N)/C=C/C(C)S. The van der Waals surface area contributed by atoms with Crippen molar-refractivity contribution in [3.05, 3.63) is 12.2 Å². The second-order valence-corrected chi connectivity index (χ2v) is 2.64. The molecule has 0 amide bonds. The zero-order chi connectivity index (χ0) is 7.28. The van der Waals surface area contributed by atoms with E-state index >= 15 is 0 Å². The summed E-state index contributed by atoms with van der Waals surface area (Å²) in [5.41, 5.74) is 5.38. The molecule has 2 nitrogen and oxygen atoms in total. The van der Waals surface area contributed by atoms with Crippen LogP contribution in [0.25, 0.3) is 0 Å². The van der Waals surface area contributed by atoms with Gasteiger partial charge >= 0.3 is 0 Å². The van der Waals surface area contributed by atoms with E-state index in [0.717, 1.165) is 0 Å². The molecule has 0 bridgehead atoms. The highest BCUT2D eigenvalue weighted by Crippen LogP contribution is 1.94. The third kappa shape index (κ3) is 5.89. The molecule has 2 unspecified atom stereocenters. The Morgan fingerprint density at radius 3 is 2.44 bits per heavy atom. The highest BCUT2D eigenvalue weighted by molar-refractivity contribution is 7.81. The van der Waals surface area contributed by atoms with Crippen LogP contribution in [0.2, 0.25) is 0 Å². The first-order chi connectivity index (χ1) is 4.16. The van der Waals surface area contributed by atoms with Crippen molar-refractivity contribution in [1.29, 1.82) is 0 Å². The Bertz CT molecular complexity index is 93.1. The van der Waals surface area contributed by atoms with E-state index in [1.54, 1.807) is 13.2 Å². The molecule has 0 aromatic heterocycles. The molecule has 0 saturated carbocycles. The summed E-state index contributed by atoms with van der Waals surface area (Å²) in [6, 6.07) is 0. The van der Waals surface area contributed by atoms with Crippen LogP contribution in [0, 0.1) is 0 Å². The Morgan fingerprint density at radius 2 is 2.11 bits per heavy atom. The molecular weight excluding hydrogens is 134 g/mol. The van der Waals surface area contributed by atoms with Crippen LogP contribution in [-0.4, -0.2) is 18.6 Å². The van der Waals surface area contributed by atoms with Crippen molar-refractivity contribution in [2.75, 3.05) is 7.11 Å². The van der Waals surface area contributed by atoms with Crippen LogP contribution >= 0.6 is 12.6 Å². The van der Waals surface area contributed by atoms with Crippen molar-refractivity contribution in [3.63, 3.8) is 0 Å². The van der Waals surface area contributed by atoms with E-state index in [1.165, 1.54) is 0 Å². The Hall–Kier alpha value is 0.01000. The third-order valence-electron chi connectivity index (χ3n) is 0.851. The standard InChI is InChI=1S/C6H13NOS/c1-5(9)3-4-6(7)8-2/h3-6,9H,7H2,1-2H3/b4-3+. The molecule has 54 valence electrons. The lowest BCUT2D eigenvalue weighted by molar-refractivity contribution is 0.146. The van der Waals surface area contributed by atoms with Gasteiger partial charge in [-0.05, 0) is 6.08 Å². The van der Waals surface area contributed by atoms with Crippen molar-refractivity contribution in [2.45, 2.75) is 18.4 Å². The van der Waals surface area contributed by atoms with Gasteiger partial charge in [0, 0.05) is 12.4 Å². The van der Waals surface area contributed by atoms with E-state index in [9.17, 15) is 0 Å². The summed E-state index contributed by atoms with van der Waals surface area (Å²) in [5.74, 6) is 0. The van der Waals surface area contributed by atoms with Gasteiger partial charge in [0.25, 0.3) is 0 Å². The maximum Gasteiger partial charge on any atom is 0.124 e. The zero-order valence-corrected chi connectivity index (χ0v) is 6.64. The largest absolute Gasteiger partial charge is 0.363 e. The summed E-state index contributed by atoms with van der Waals surface area (Å²) >= 11 is 4.11. The Labute approximate surface area is 61.5 Å². The van der Waals surface area contributed by atoms with Crippen LogP contribution in [0.3, 0.4) is 0 Å². The number of nitrogens with two attached hydrogens (primary N) is 1. The van der Waals surface area contributed by atoms with Gasteiger partial charge in [-0.3, -0.25) is 0 Å². The monoisotopic (exact) mass is 147 g/mol. The van der Waals surface area contributed by atoms with Crippen molar-refractivity contribution in [3.8, 4) is 0 Å². The normalized spacial score (nSPS) is 18.2. The van der Waals surface area contributed by atoms with Gasteiger partial charge in [0.1, 0.15) is 6.23 Å². The topological polar surface area (TPSA) is 35.2 Å². The predicted octanol–water partition coefficient (Wildman–Crippen LogP) is 0.792. The van der Waals surface area contributed by atoms with E-state index < -0.39 is 0 Å². The van der Waals surface area contributed by atoms with E-state index in [2.05, 4.69) is 12.6 Å². The summed E-state index contributed by atoms with van der Waals surface area (Å²) in [6.45, 7) is 1.96. The zero-order valence-electron chi connectivity index (χ0n) is 5.74. The lowest BCUT2D eigenvalue weighted by Crippen LogP contribution is -2.18. The Morgan fingerprint density at radius 1 is 1.56 bits per heavy atom. The van der Waals surface area contributed by atoms with E-state index in [-0.39, 0.29) is 11.5 Å². The number of thiol groups is 1. The smallest absolute Gasteiger partial charge is 0.124 e. The highest BCUT2D eigenvalue weighted by Gasteiger charge is 1.90. The van der Waals surface area contributed by atoms with Crippen LogP contribution in [-0.2, 0) is 4.74 Å². The summed E-state index contributed by atoms with van der Waals surface area (Å²) in [5, 5.41) is 0.242. The minimum absolute atomic E-state index is 0.242. The second-order valence-electron chi connectivity index (χ2n) is 1.83. The van der Waals surface area contributed by atoms with Crippen LogP contribution < -0.4 is 5.73 Å². The van der Waals surface area contributed by atoms with Crippen LogP contribution in [0.5, 0.6) is 0 Å². The number of methoxy groups -OCH3 is 1. The fraction of sp³-hybridized carbons (Fsp3) is 0.667. The molecule has 0 saturated heterocycles. The second kappa shape index (κ2) is 4.85. The lowest BCUT2D eigenvalue weighted by Gasteiger charge is -2.02. The maximum atomic E-state index is 5.38. The van der Waals surface area contributed by atoms with E-state index in [4.69, 9.17) is 10.5 Å². The molecular formula is C6H13NOS. The molecule has 0 radical (unpaired) electrons. The number of hydrogen-bond acceptors (Lipinski definition) is 3. The van der Waals surface area contributed by atoms with Gasteiger partial charge < -0.3 is 10.5 Å². The molecule has 0 heterocycles. The van der Waals surface area contributed by atoms with Crippen molar-refractivity contribution < 1.29 is 4.74 Å². The molecule has 9 heavy (non-hydrogen) atoms. The van der Waals surface area contributed by atoms with Gasteiger partial charge in [-0.25, -0.2) is 0 Å². The van der Waals surface area contributed by atoms with Gasteiger partial charge in [-0.15, -0.1) is 0 Å². The number of ether oxygens (including phenoxy) is 1. The maximum absolute atomic E-state index is 5.38. The molecule has 0 fully saturated rings. The van der Waals surface area contributed by atoms with Crippen molar-refractivity contribution >= 4 is 12.6 Å². The molecule has 0 spiro atoms. The summed E-state index contributed by atoms with van der Waals surface area (Å²) in [6.07, 6.45) is 3.37. The van der Waals surface area contributed by atoms with Gasteiger partial charge in [0.05, 0.1) is 0 Å². The van der Waals surface area contributed by atoms with Crippen LogP contribution in [0.15, 0.2) is 12.2 Å². The first-order valence-corrected chi connectivity index (χ1v) is 3.33. The molecule has 0 aliphatic heterocycles. The van der Waals surface area contributed by atoms with Crippen molar-refractivity contribution in [1.82, 2.24) is 0 Å².